The lowest BCUT2D eigenvalue weighted by atomic mass is 10.2. The third-order valence-electron chi connectivity index (χ3n) is 3.77. The van der Waals surface area contributed by atoms with Crippen molar-refractivity contribution in [2.75, 3.05) is 18.1 Å². The summed E-state index contributed by atoms with van der Waals surface area (Å²) in [6, 6.07) is 16.0. The molecule has 1 heterocycles. The Labute approximate surface area is 155 Å². The van der Waals surface area contributed by atoms with Crippen molar-refractivity contribution in [1.82, 2.24) is 10.2 Å². The molecule has 2 N–H and O–H groups in total. The Morgan fingerprint density at radius 3 is 2.44 bits per heavy atom. The number of primary amides is 1. The van der Waals surface area contributed by atoms with Crippen LogP contribution in [-0.2, 0) is 9.59 Å². The third-order valence-corrected chi connectivity index (χ3v) is 3.77. The SMILES string of the molecule is NC(=O)CCN(C(=O)COc1ccc(-c2nnco2)cc1)c1ccccc1. The van der Waals surface area contributed by atoms with Gasteiger partial charge in [-0.2, -0.15) is 0 Å². The van der Waals surface area contributed by atoms with Gasteiger partial charge in [-0.1, -0.05) is 18.2 Å². The highest BCUT2D eigenvalue weighted by molar-refractivity contribution is 5.95. The molecule has 0 atom stereocenters. The van der Waals surface area contributed by atoms with Crippen LogP contribution in [0.4, 0.5) is 5.69 Å². The number of hydrogen-bond donors (Lipinski definition) is 1. The van der Waals surface area contributed by atoms with Gasteiger partial charge >= 0.3 is 0 Å². The number of para-hydroxylation sites is 1. The van der Waals surface area contributed by atoms with E-state index in [1.54, 1.807) is 36.4 Å². The zero-order chi connectivity index (χ0) is 19.1. The van der Waals surface area contributed by atoms with Gasteiger partial charge in [0.2, 0.25) is 18.2 Å². The molecule has 0 bridgehead atoms. The molecule has 0 unspecified atom stereocenters. The average molecular weight is 366 g/mol. The maximum absolute atomic E-state index is 12.6. The number of ether oxygens (including phenoxy) is 1. The molecule has 138 valence electrons. The van der Waals surface area contributed by atoms with Crippen LogP contribution < -0.4 is 15.4 Å². The first kappa shape index (κ1) is 18.1. The van der Waals surface area contributed by atoms with E-state index in [1.807, 2.05) is 18.2 Å². The van der Waals surface area contributed by atoms with Crippen LogP contribution in [0.5, 0.6) is 5.75 Å². The summed E-state index contributed by atoms with van der Waals surface area (Å²) in [6.45, 7) is 0.0190. The van der Waals surface area contributed by atoms with Crippen molar-refractivity contribution in [1.29, 1.82) is 0 Å². The second-order valence-electron chi connectivity index (χ2n) is 5.65. The number of benzene rings is 2. The number of nitrogens with two attached hydrogens (primary N) is 1. The van der Waals surface area contributed by atoms with Gasteiger partial charge < -0.3 is 19.8 Å². The van der Waals surface area contributed by atoms with Gasteiger partial charge in [-0.3, -0.25) is 9.59 Å². The van der Waals surface area contributed by atoms with E-state index in [-0.39, 0.29) is 25.5 Å². The second kappa shape index (κ2) is 8.61. The first-order valence-electron chi connectivity index (χ1n) is 8.26. The highest BCUT2D eigenvalue weighted by atomic mass is 16.5. The molecule has 8 nitrogen and oxygen atoms in total. The molecule has 0 radical (unpaired) electrons. The molecule has 27 heavy (non-hydrogen) atoms. The molecule has 0 aliphatic heterocycles. The van der Waals surface area contributed by atoms with Gasteiger partial charge in [0.25, 0.3) is 5.91 Å². The Kier molecular flexibility index (Phi) is 5.78. The maximum Gasteiger partial charge on any atom is 0.264 e. The summed E-state index contributed by atoms with van der Waals surface area (Å²) in [5.41, 5.74) is 6.64. The van der Waals surface area contributed by atoms with E-state index in [1.165, 1.54) is 11.3 Å². The molecule has 0 spiro atoms. The molecule has 3 rings (SSSR count). The predicted octanol–water partition coefficient (Wildman–Crippen LogP) is 2.02. The van der Waals surface area contributed by atoms with Crippen molar-refractivity contribution in [2.45, 2.75) is 6.42 Å². The number of hydrogen-bond acceptors (Lipinski definition) is 6. The smallest absolute Gasteiger partial charge is 0.264 e. The van der Waals surface area contributed by atoms with Gasteiger partial charge in [0.1, 0.15) is 5.75 Å². The number of carbonyl (C=O) groups is 2. The lowest BCUT2D eigenvalue weighted by molar-refractivity contribution is -0.120. The number of nitrogens with zero attached hydrogens (tertiary/aromatic N) is 3. The second-order valence-corrected chi connectivity index (χ2v) is 5.65. The zero-order valence-electron chi connectivity index (χ0n) is 14.4. The van der Waals surface area contributed by atoms with E-state index in [9.17, 15) is 9.59 Å². The quantitative estimate of drug-likeness (QED) is 0.653. The van der Waals surface area contributed by atoms with Gasteiger partial charge in [-0.15, -0.1) is 10.2 Å². The minimum Gasteiger partial charge on any atom is -0.484 e. The zero-order valence-corrected chi connectivity index (χ0v) is 14.4. The normalized spacial score (nSPS) is 10.4. The molecule has 8 heteroatoms. The summed E-state index contributed by atoms with van der Waals surface area (Å²) in [5, 5.41) is 7.45. The topological polar surface area (TPSA) is 112 Å². The average Bonchev–Trinajstić information content (AvgIpc) is 3.22. The van der Waals surface area contributed by atoms with Gasteiger partial charge in [-0.05, 0) is 36.4 Å². The largest absolute Gasteiger partial charge is 0.484 e. The summed E-state index contributed by atoms with van der Waals surface area (Å²) >= 11 is 0. The molecule has 3 aromatic rings. The fourth-order valence-corrected chi connectivity index (χ4v) is 2.44. The fraction of sp³-hybridized carbons (Fsp3) is 0.158. The molecule has 0 fully saturated rings. The van der Waals surface area contributed by atoms with Crippen LogP contribution in [-0.4, -0.2) is 35.2 Å². The summed E-state index contributed by atoms with van der Waals surface area (Å²) in [7, 11) is 0. The Hall–Kier alpha value is -3.68. The van der Waals surface area contributed by atoms with Crippen molar-refractivity contribution in [3.05, 3.63) is 61.0 Å². The molecule has 1 aromatic heterocycles. The Morgan fingerprint density at radius 2 is 1.81 bits per heavy atom. The molecule has 0 aliphatic rings. The minimum atomic E-state index is -0.471. The molecule has 0 saturated carbocycles. The van der Waals surface area contributed by atoms with Crippen molar-refractivity contribution in [3.63, 3.8) is 0 Å². The van der Waals surface area contributed by atoms with Crippen LogP contribution in [0.2, 0.25) is 0 Å². The van der Waals surface area contributed by atoms with Crippen LogP contribution in [0.3, 0.4) is 0 Å². The number of anilines is 1. The van der Waals surface area contributed by atoms with E-state index >= 15 is 0 Å². The third kappa shape index (κ3) is 4.91. The van der Waals surface area contributed by atoms with Gasteiger partial charge in [-0.25, -0.2) is 0 Å². The van der Waals surface area contributed by atoms with E-state index < -0.39 is 5.91 Å². The van der Waals surface area contributed by atoms with Gasteiger partial charge in [0.05, 0.1) is 0 Å². The summed E-state index contributed by atoms with van der Waals surface area (Å²) < 4.78 is 10.7. The van der Waals surface area contributed by atoms with Gasteiger partial charge in [0, 0.05) is 24.2 Å². The molecular weight excluding hydrogens is 348 g/mol. The first-order chi connectivity index (χ1) is 13.1. The van der Waals surface area contributed by atoms with Crippen LogP contribution in [0.1, 0.15) is 6.42 Å². The Morgan fingerprint density at radius 1 is 1.07 bits per heavy atom. The van der Waals surface area contributed by atoms with Crippen molar-refractivity contribution < 1.29 is 18.7 Å². The highest BCUT2D eigenvalue weighted by Gasteiger charge is 2.17. The van der Waals surface area contributed by atoms with Crippen LogP contribution in [0.15, 0.2) is 65.4 Å². The predicted molar refractivity (Wildman–Crippen MR) is 97.8 cm³/mol. The van der Waals surface area contributed by atoms with Crippen LogP contribution in [0, 0.1) is 0 Å². The fourth-order valence-electron chi connectivity index (χ4n) is 2.44. The molecule has 2 amide bonds. The standard InChI is InChI=1S/C19H18N4O4/c20-17(24)10-11-23(15-4-2-1-3-5-15)18(25)12-26-16-8-6-14(7-9-16)19-22-21-13-27-19/h1-9,13H,10-12H2,(H2,20,24). The van der Waals surface area contributed by atoms with E-state index in [4.69, 9.17) is 14.9 Å². The van der Waals surface area contributed by atoms with Crippen molar-refractivity contribution >= 4 is 17.5 Å². The summed E-state index contributed by atoms with van der Waals surface area (Å²) in [6.07, 6.45) is 1.32. The minimum absolute atomic E-state index is 0.0690. The number of rotatable bonds is 8. The summed E-state index contributed by atoms with van der Waals surface area (Å²) in [4.78, 5) is 25.2. The monoisotopic (exact) mass is 366 g/mol. The molecule has 2 aromatic carbocycles. The lowest BCUT2D eigenvalue weighted by Crippen LogP contribution is -2.37. The van der Waals surface area contributed by atoms with Crippen molar-refractivity contribution in [3.8, 4) is 17.2 Å². The number of aromatic nitrogens is 2. The van der Waals surface area contributed by atoms with Crippen LogP contribution in [0.25, 0.3) is 11.5 Å². The molecule has 0 saturated heterocycles. The van der Waals surface area contributed by atoms with Crippen LogP contribution >= 0.6 is 0 Å². The lowest BCUT2D eigenvalue weighted by Gasteiger charge is -2.22. The van der Waals surface area contributed by atoms with Gasteiger partial charge in [0.15, 0.2) is 6.61 Å². The summed E-state index contributed by atoms with van der Waals surface area (Å²) in [5.74, 6) is 0.179. The van der Waals surface area contributed by atoms with Crippen molar-refractivity contribution in [2.24, 2.45) is 5.73 Å². The molecule has 0 aliphatic carbocycles. The van der Waals surface area contributed by atoms with E-state index in [0.29, 0.717) is 17.3 Å². The number of amides is 2. The Balaban J connectivity index is 1.64. The highest BCUT2D eigenvalue weighted by Crippen LogP contribution is 2.20. The first-order valence-corrected chi connectivity index (χ1v) is 8.26. The van der Waals surface area contributed by atoms with E-state index in [2.05, 4.69) is 10.2 Å². The van der Waals surface area contributed by atoms with E-state index in [0.717, 1.165) is 5.56 Å². The maximum atomic E-state index is 12.6. The number of carbonyl (C=O) groups excluding carboxylic acids is 2. The Bertz CT molecular complexity index is 880. The molecular formula is C19H18N4O4.